The Hall–Kier alpha value is 1.46. The van der Waals surface area contributed by atoms with Crippen molar-refractivity contribution in [3.63, 3.8) is 0 Å². The number of carbonyl (C=O) groups is 1. The molecule has 0 aromatic rings. The average Bonchev–Trinajstić information content (AvgIpc) is 3.76. The molecule has 0 radical (unpaired) electrons. The van der Waals surface area contributed by atoms with Crippen LogP contribution in [0.1, 0.15) is 156 Å². The van der Waals surface area contributed by atoms with Crippen molar-refractivity contribution in [3.8, 4) is 0 Å². The molecule has 376 valence electrons. The minimum absolute atomic E-state index is 0. The maximum absolute atomic E-state index is 11.4. The maximum Gasteiger partial charge on any atom is 1.00 e. The molecular weight excluding hydrogens is 1000 g/mol. The van der Waals surface area contributed by atoms with E-state index in [0.29, 0.717) is 0 Å². The quantitative estimate of drug-likeness (QED) is 0.0544. The molecule has 2 aliphatic heterocycles. The summed E-state index contributed by atoms with van der Waals surface area (Å²) in [5.41, 5.74) is 0. The number of hydrogen-bond donors (Lipinski definition) is 0. The van der Waals surface area contributed by atoms with Gasteiger partial charge in [0, 0.05) is 52.0 Å². The minimum Gasteiger partial charge on any atom is -1.00 e. The van der Waals surface area contributed by atoms with Gasteiger partial charge in [-0.25, -0.2) is 34.4 Å². The van der Waals surface area contributed by atoms with Gasteiger partial charge in [-0.3, -0.25) is 0 Å². The van der Waals surface area contributed by atoms with Crippen molar-refractivity contribution < 1.29 is 181 Å². The van der Waals surface area contributed by atoms with Gasteiger partial charge >= 0.3 is 126 Å². The zero-order valence-corrected chi connectivity index (χ0v) is 48.7. The number of carbonyl (C=O) groups excluding carboxylic acids is 1. The molecule has 11 nitrogen and oxygen atoms in total. The van der Waals surface area contributed by atoms with Gasteiger partial charge < -0.3 is 45.9 Å². The van der Waals surface area contributed by atoms with E-state index in [4.69, 9.17) is 0 Å². The van der Waals surface area contributed by atoms with Gasteiger partial charge in [-0.2, -0.15) is 17.6 Å². The Kier molecular flexibility index (Phi) is 58.2. The second-order valence-electron chi connectivity index (χ2n) is 14.9. The third-order valence-electron chi connectivity index (χ3n) is 8.65. The van der Waals surface area contributed by atoms with Crippen molar-refractivity contribution in [2.24, 2.45) is 0 Å². The first-order valence-electron chi connectivity index (χ1n) is 20.7. The monoisotopic (exact) mass is 1070 g/mol. The molecule has 0 amide bonds. The van der Waals surface area contributed by atoms with E-state index in [0.717, 1.165) is 13.3 Å². The van der Waals surface area contributed by atoms with Crippen LogP contribution in [0.5, 0.6) is 0 Å². The summed E-state index contributed by atoms with van der Waals surface area (Å²) in [6.07, 6.45) is 28.3. The van der Waals surface area contributed by atoms with Crippen LogP contribution >= 0.6 is 12.4 Å². The molecule has 25 heteroatoms. The maximum atomic E-state index is 11.4. The van der Waals surface area contributed by atoms with Gasteiger partial charge in [0.2, 0.25) is 0 Å². The number of halogens is 10. The molecule has 2 rings (SSSR count). The second-order valence-corrected chi connectivity index (χ2v) is 17.8. The molecule has 2 heterocycles. The van der Waals surface area contributed by atoms with Crippen LogP contribution in [0.15, 0.2) is 24.8 Å². The van der Waals surface area contributed by atoms with Crippen molar-refractivity contribution in [3.05, 3.63) is 24.8 Å². The third kappa shape index (κ3) is 45.9. The number of hydrogen-bond acceptors (Lipinski definition) is 11. The van der Waals surface area contributed by atoms with Gasteiger partial charge in [-0.15, -0.1) is 12.4 Å². The van der Waals surface area contributed by atoms with Crippen molar-refractivity contribution in [2.75, 3.05) is 40.5 Å². The van der Waals surface area contributed by atoms with Crippen molar-refractivity contribution in [1.29, 1.82) is 0 Å². The first-order valence-corrected chi connectivity index (χ1v) is 23.5. The standard InChI is InChI=1S/2C16H32N2.C3H6O.2C2H2F4O3S.2ClH.2K/c2*1-3-4-5-6-7-8-9-10-11-12-13-18-15-14-17(2)16-18;1-3(2)4;2*3-1(4)2(5,6)10(7,8)9;;;;/h2*14-15H,3-13,16H2,1-2H3;1-2H3;2*1H,(H,7,8,9);2*1H;;/q;;;;;;;2*+1/p-3. The van der Waals surface area contributed by atoms with Crippen LogP contribution in [0.25, 0.3) is 0 Å². The number of rotatable bonds is 26. The van der Waals surface area contributed by atoms with Gasteiger partial charge in [0.25, 0.3) is 0 Å². The number of ketones is 1. The molecule has 64 heavy (non-hydrogen) atoms. The average molecular weight is 1080 g/mol. The molecule has 0 saturated carbocycles. The molecule has 0 spiro atoms. The smallest absolute Gasteiger partial charge is 1.00 e. The van der Waals surface area contributed by atoms with Gasteiger partial charge in [-0.05, 0) is 26.7 Å². The summed E-state index contributed by atoms with van der Waals surface area (Å²) in [7, 11) is -8.20. The topological polar surface area (TPSA) is 144 Å². The predicted octanol–water partition coefficient (Wildman–Crippen LogP) is 1.97. The molecule has 0 saturated heterocycles. The van der Waals surface area contributed by atoms with Crippen molar-refractivity contribution in [2.45, 2.75) is 179 Å². The Morgan fingerprint density at radius 1 is 0.531 bits per heavy atom. The van der Waals surface area contributed by atoms with Crippen LogP contribution in [-0.4, -0.2) is 115 Å². The van der Waals surface area contributed by atoms with Gasteiger partial charge in [0.05, 0.1) is 13.3 Å². The molecule has 2 aliphatic rings. The van der Waals surface area contributed by atoms with E-state index in [2.05, 4.69) is 72.3 Å². The van der Waals surface area contributed by atoms with E-state index in [1.165, 1.54) is 155 Å². The van der Waals surface area contributed by atoms with Crippen LogP contribution in [0.4, 0.5) is 35.1 Å². The molecular formula is C39H73Cl2F8K2N4O7S2-. The Balaban J connectivity index is -0.000000133. The summed E-state index contributed by atoms with van der Waals surface area (Å²) >= 11 is 0. The van der Waals surface area contributed by atoms with Crippen molar-refractivity contribution >= 4 is 38.4 Å². The summed E-state index contributed by atoms with van der Waals surface area (Å²) in [6, 6.07) is 0. The van der Waals surface area contributed by atoms with E-state index in [9.17, 15) is 65.9 Å². The number of Topliss-reactive ketones (excluding diaryl/α,β-unsaturated/α-hetero) is 1. The third-order valence-corrected chi connectivity index (χ3v) is 10.3. The summed E-state index contributed by atoms with van der Waals surface area (Å²) in [5.74, 6) is 0.167. The minimum atomic E-state index is -6.23. The van der Waals surface area contributed by atoms with E-state index in [-0.39, 0.29) is 133 Å². The van der Waals surface area contributed by atoms with E-state index >= 15 is 0 Å². The molecule has 0 unspecified atom stereocenters. The fraction of sp³-hybridized carbons (Fsp3) is 0.872. The largest absolute Gasteiger partial charge is 1.00 e. The molecule has 0 bridgehead atoms. The molecule has 0 N–H and O–H groups in total. The number of alkyl halides is 8. The second kappa shape index (κ2) is 46.8. The zero-order chi connectivity index (χ0) is 46.8. The summed E-state index contributed by atoms with van der Waals surface area (Å²) in [5, 5.41) is -11.0. The van der Waals surface area contributed by atoms with Crippen LogP contribution in [0.3, 0.4) is 0 Å². The molecule has 0 atom stereocenters. The molecule has 0 aromatic heterocycles. The number of unbranched alkanes of at least 4 members (excludes halogenated alkanes) is 18. The van der Waals surface area contributed by atoms with Gasteiger partial charge in [0.1, 0.15) is 5.78 Å². The molecule has 0 fully saturated rings. The summed E-state index contributed by atoms with van der Waals surface area (Å²) in [6.45, 7) is 12.3. The molecule has 0 aliphatic carbocycles. The van der Waals surface area contributed by atoms with E-state index < -0.39 is 43.6 Å². The fourth-order valence-corrected chi connectivity index (χ4v) is 5.73. The van der Waals surface area contributed by atoms with E-state index in [1.54, 1.807) is 0 Å². The number of nitrogens with zero attached hydrogens (tertiary/aromatic N) is 4. The first kappa shape index (κ1) is 79.6. The van der Waals surface area contributed by atoms with Crippen LogP contribution in [0.2, 0.25) is 0 Å². The Labute approximate surface area is 477 Å². The predicted molar refractivity (Wildman–Crippen MR) is 226 cm³/mol. The SMILES string of the molecule is CC(C)=O.CCCCCCCCCCCCN1C=CN(C)C1.CCCCCCCCCCCCN1C=CN(C)C1.Cl.O=S(=O)([O-])C(F)(F)C(F)F.O=S(=O)([O-])C(F)(F)C(F)F.[Cl-].[K+].[K+]. The van der Waals surface area contributed by atoms with Gasteiger partial charge in [-0.1, -0.05) is 129 Å². The summed E-state index contributed by atoms with van der Waals surface area (Å²) in [4.78, 5) is 18.7. The Bertz CT molecular complexity index is 1270. The van der Waals surface area contributed by atoms with Crippen LogP contribution < -0.4 is 115 Å². The van der Waals surface area contributed by atoms with Gasteiger partial charge in [0.15, 0.2) is 20.2 Å². The Morgan fingerprint density at radius 3 is 0.875 bits per heavy atom. The summed E-state index contributed by atoms with van der Waals surface area (Å²) < 4.78 is 145. The van der Waals surface area contributed by atoms with E-state index in [1.807, 2.05) is 0 Å². The normalized spacial score (nSPS) is 13.2. The zero-order valence-electron chi connectivity index (χ0n) is 39.2. The van der Waals surface area contributed by atoms with Crippen LogP contribution in [-0.2, 0) is 25.0 Å². The Morgan fingerprint density at radius 2 is 0.734 bits per heavy atom. The fourth-order valence-electron chi connectivity index (χ4n) is 5.29. The molecule has 0 aromatic carbocycles. The first-order chi connectivity index (χ1) is 27.8. The van der Waals surface area contributed by atoms with Crippen LogP contribution in [0, 0.1) is 0 Å². The van der Waals surface area contributed by atoms with Crippen molar-refractivity contribution in [1.82, 2.24) is 19.6 Å².